The molecule has 2 aromatic carbocycles. The van der Waals surface area contributed by atoms with E-state index < -0.39 is 17.9 Å². The van der Waals surface area contributed by atoms with Crippen LogP contribution in [0.5, 0.6) is 11.5 Å². The molecule has 198 valence electrons. The fourth-order valence-corrected chi connectivity index (χ4v) is 5.57. The summed E-state index contributed by atoms with van der Waals surface area (Å²) in [5, 5.41) is 9.86. The third-order valence-corrected chi connectivity index (χ3v) is 7.55. The fraction of sp³-hybridized carbons (Fsp3) is 0.414. The number of ether oxygens (including phenoxy) is 2. The van der Waals surface area contributed by atoms with Crippen LogP contribution < -0.4 is 9.47 Å². The Kier molecular flexibility index (Phi) is 11.0. The van der Waals surface area contributed by atoms with Crippen molar-refractivity contribution in [3.05, 3.63) is 64.6 Å². The number of carbonyl (C=O) groups excluding carboxylic acids is 1. The monoisotopic (exact) mass is 541 g/mol. The SMILES string of the molecule is CCCCCCCC(C)Oc1ccc(/C=C2/SC(=S)N(C(Cc3ccccc3)C(=O)O)C2=O)cc1OC. The maximum Gasteiger partial charge on any atom is 0.327 e. The van der Waals surface area contributed by atoms with Gasteiger partial charge in [-0.15, -0.1) is 0 Å². The van der Waals surface area contributed by atoms with Crippen molar-refractivity contribution in [3.63, 3.8) is 0 Å². The molecule has 1 aliphatic rings. The Labute approximate surface area is 229 Å². The highest BCUT2D eigenvalue weighted by Crippen LogP contribution is 2.36. The number of unbranched alkanes of at least 4 members (excludes halogenated alkanes) is 4. The molecule has 1 heterocycles. The van der Waals surface area contributed by atoms with Crippen LogP contribution in [0.15, 0.2) is 53.4 Å². The lowest BCUT2D eigenvalue weighted by atomic mass is 10.0. The zero-order chi connectivity index (χ0) is 26.8. The Balaban J connectivity index is 1.70. The van der Waals surface area contributed by atoms with Crippen molar-refractivity contribution in [1.82, 2.24) is 4.90 Å². The van der Waals surface area contributed by atoms with Crippen LogP contribution in [0.3, 0.4) is 0 Å². The first-order valence-corrected chi connectivity index (χ1v) is 13.9. The summed E-state index contributed by atoms with van der Waals surface area (Å²) in [6, 6.07) is 13.7. The zero-order valence-electron chi connectivity index (χ0n) is 21.6. The summed E-state index contributed by atoms with van der Waals surface area (Å²) >= 11 is 6.53. The first-order valence-electron chi connectivity index (χ1n) is 12.7. The number of hydrogen-bond acceptors (Lipinski definition) is 6. The van der Waals surface area contributed by atoms with E-state index in [9.17, 15) is 14.7 Å². The molecule has 1 fully saturated rings. The van der Waals surface area contributed by atoms with E-state index in [0.29, 0.717) is 16.4 Å². The maximum absolute atomic E-state index is 13.2. The molecule has 2 unspecified atom stereocenters. The number of amides is 1. The molecule has 37 heavy (non-hydrogen) atoms. The second kappa shape index (κ2) is 14.2. The van der Waals surface area contributed by atoms with Crippen molar-refractivity contribution >= 4 is 46.3 Å². The van der Waals surface area contributed by atoms with E-state index in [1.54, 1.807) is 13.2 Å². The van der Waals surface area contributed by atoms with Gasteiger partial charge in [-0.05, 0) is 49.1 Å². The lowest BCUT2D eigenvalue weighted by molar-refractivity contribution is -0.145. The van der Waals surface area contributed by atoms with Gasteiger partial charge >= 0.3 is 5.97 Å². The molecule has 2 aromatic rings. The lowest BCUT2D eigenvalue weighted by Gasteiger charge is -2.23. The van der Waals surface area contributed by atoms with Crippen LogP contribution in [0.4, 0.5) is 0 Å². The average Bonchev–Trinajstić information content (AvgIpc) is 3.15. The Hall–Kier alpha value is -2.84. The van der Waals surface area contributed by atoms with Gasteiger partial charge in [-0.2, -0.15) is 0 Å². The van der Waals surface area contributed by atoms with E-state index in [4.69, 9.17) is 21.7 Å². The Morgan fingerprint density at radius 3 is 2.51 bits per heavy atom. The predicted octanol–water partition coefficient (Wildman–Crippen LogP) is 6.72. The van der Waals surface area contributed by atoms with Gasteiger partial charge < -0.3 is 14.6 Å². The van der Waals surface area contributed by atoms with Crippen LogP contribution in [0, 0.1) is 0 Å². The van der Waals surface area contributed by atoms with E-state index in [0.717, 1.165) is 35.7 Å². The molecule has 0 spiro atoms. The van der Waals surface area contributed by atoms with Gasteiger partial charge in [0.25, 0.3) is 5.91 Å². The molecule has 0 aliphatic carbocycles. The van der Waals surface area contributed by atoms with Crippen molar-refractivity contribution in [3.8, 4) is 11.5 Å². The van der Waals surface area contributed by atoms with E-state index in [2.05, 4.69) is 13.8 Å². The molecule has 1 N–H and O–H groups in total. The molecule has 0 aromatic heterocycles. The lowest BCUT2D eigenvalue weighted by Crippen LogP contribution is -2.45. The van der Waals surface area contributed by atoms with Gasteiger partial charge in [-0.1, -0.05) is 93.0 Å². The number of thiocarbonyl (C=S) groups is 1. The Morgan fingerprint density at radius 2 is 1.84 bits per heavy atom. The van der Waals surface area contributed by atoms with Crippen LogP contribution in [-0.2, 0) is 16.0 Å². The Bertz CT molecular complexity index is 1120. The second-order valence-corrected chi connectivity index (χ2v) is 10.8. The molecule has 0 bridgehead atoms. The molecule has 1 aliphatic heterocycles. The summed E-state index contributed by atoms with van der Waals surface area (Å²) in [5.41, 5.74) is 1.57. The van der Waals surface area contributed by atoms with Gasteiger partial charge in [0.15, 0.2) is 11.5 Å². The summed E-state index contributed by atoms with van der Waals surface area (Å²) in [6.07, 6.45) is 9.03. The Morgan fingerprint density at radius 1 is 1.11 bits per heavy atom. The smallest absolute Gasteiger partial charge is 0.327 e. The molecule has 2 atom stereocenters. The van der Waals surface area contributed by atoms with E-state index in [1.807, 2.05) is 48.5 Å². The molecule has 3 rings (SSSR count). The van der Waals surface area contributed by atoms with Crippen LogP contribution in [0.2, 0.25) is 0 Å². The number of rotatable bonds is 14. The number of methoxy groups -OCH3 is 1. The molecule has 1 amide bonds. The zero-order valence-corrected chi connectivity index (χ0v) is 23.3. The summed E-state index contributed by atoms with van der Waals surface area (Å²) < 4.78 is 11.9. The molecule has 6 nitrogen and oxygen atoms in total. The van der Waals surface area contributed by atoms with Crippen molar-refractivity contribution in [2.75, 3.05) is 7.11 Å². The molecular formula is C29H35NO5S2. The van der Waals surface area contributed by atoms with Gasteiger partial charge in [-0.25, -0.2) is 4.79 Å². The van der Waals surface area contributed by atoms with Crippen LogP contribution in [0.1, 0.15) is 63.5 Å². The minimum Gasteiger partial charge on any atom is -0.493 e. The molecule has 0 radical (unpaired) electrons. The van der Waals surface area contributed by atoms with Gasteiger partial charge in [0.05, 0.1) is 18.1 Å². The summed E-state index contributed by atoms with van der Waals surface area (Å²) in [6.45, 7) is 4.27. The first-order chi connectivity index (χ1) is 17.8. The van der Waals surface area contributed by atoms with Crippen LogP contribution in [0.25, 0.3) is 6.08 Å². The number of carbonyl (C=O) groups is 2. The summed E-state index contributed by atoms with van der Waals surface area (Å²) in [5.74, 6) is -0.269. The number of carboxylic acids is 1. The summed E-state index contributed by atoms with van der Waals surface area (Å²) in [4.78, 5) is 26.9. The number of nitrogens with zero attached hydrogens (tertiary/aromatic N) is 1. The highest BCUT2D eigenvalue weighted by Gasteiger charge is 2.40. The van der Waals surface area contributed by atoms with Gasteiger partial charge in [-0.3, -0.25) is 9.69 Å². The highest BCUT2D eigenvalue weighted by molar-refractivity contribution is 8.26. The molecule has 0 saturated carbocycles. The third kappa shape index (κ3) is 8.07. The van der Waals surface area contributed by atoms with Crippen LogP contribution in [-0.4, -0.2) is 45.5 Å². The predicted molar refractivity (Wildman–Crippen MR) is 153 cm³/mol. The quantitative estimate of drug-likeness (QED) is 0.162. The van der Waals surface area contributed by atoms with Crippen molar-refractivity contribution < 1.29 is 24.2 Å². The standard InChI is InChI=1S/C29H35NO5S2/c1-4-5-6-7-9-12-20(2)35-24-16-15-22(18-25(24)34-3)19-26-27(31)30(29(36)37-26)23(28(32)33)17-21-13-10-8-11-14-21/h8,10-11,13-16,18-20,23H,4-7,9,12,17H2,1-3H3,(H,32,33)/b26-19+. The van der Waals surface area contributed by atoms with Crippen LogP contribution >= 0.6 is 24.0 Å². The number of hydrogen-bond donors (Lipinski definition) is 1. The van der Waals surface area contributed by atoms with Crippen molar-refractivity contribution in [2.45, 2.75) is 70.9 Å². The number of carboxylic acid groups (broad SMARTS) is 1. The van der Waals surface area contributed by atoms with Gasteiger partial charge in [0.1, 0.15) is 10.4 Å². The molecule has 8 heteroatoms. The highest BCUT2D eigenvalue weighted by atomic mass is 32.2. The van der Waals surface area contributed by atoms with E-state index in [1.165, 1.54) is 30.6 Å². The van der Waals surface area contributed by atoms with Gasteiger partial charge in [0, 0.05) is 6.42 Å². The number of benzene rings is 2. The first kappa shape index (κ1) is 28.7. The fourth-order valence-electron chi connectivity index (χ4n) is 4.21. The largest absolute Gasteiger partial charge is 0.493 e. The number of thioether (sulfide) groups is 1. The maximum atomic E-state index is 13.2. The van der Waals surface area contributed by atoms with Gasteiger partial charge in [0.2, 0.25) is 0 Å². The molecule has 1 saturated heterocycles. The topological polar surface area (TPSA) is 76.1 Å². The normalized spacial score (nSPS) is 16.2. The molecular weight excluding hydrogens is 506 g/mol. The minimum atomic E-state index is -1.09. The average molecular weight is 542 g/mol. The third-order valence-electron chi connectivity index (χ3n) is 6.22. The summed E-state index contributed by atoms with van der Waals surface area (Å²) in [7, 11) is 1.59. The van der Waals surface area contributed by atoms with Crippen molar-refractivity contribution in [1.29, 1.82) is 0 Å². The minimum absolute atomic E-state index is 0.0650. The van der Waals surface area contributed by atoms with E-state index >= 15 is 0 Å². The van der Waals surface area contributed by atoms with Crippen molar-refractivity contribution in [2.24, 2.45) is 0 Å². The number of aliphatic carboxylic acids is 1. The second-order valence-electron chi connectivity index (χ2n) is 9.14. The van der Waals surface area contributed by atoms with E-state index in [-0.39, 0.29) is 16.8 Å².